The molecule has 1 atom stereocenters. The lowest BCUT2D eigenvalue weighted by molar-refractivity contribution is -0.118. The molecule has 1 aliphatic heterocycles. The van der Waals surface area contributed by atoms with Gasteiger partial charge in [0.05, 0.1) is 6.10 Å². The number of halogens is 1. The second-order valence-electron chi connectivity index (χ2n) is 7.60. The van der Waals surface area contributed by atoms with Crippen molar-refractivity contribution < 1.29 is 19.7 Å². The molecule has 3 aromatic rings. The average Bonchev–Trinajstić information content (AvgIpc) is 2.80. The molecular formula is C25H27ClN2O4. The van der Waals surface area contributed by atoms with Gasteiger partial charge in [0, 0.05) is 18.0 Å². The molecule has 168 valence electrons. The molecule has 1 aliphatic rings. The number of nitrogens with one attached hydrogen (secondary N) is 2. The first-order chi connectivity index (χ1) is 15.1. The van der Waals surface area contributed by atoms with E-state index in [2.05, 4.69) is 59.2 Å². The van der Waals surface area contributed by atoms with Crippen molar-refractivity contribution in [3.63, 3.8) is 0 Å². The summed E-state index contributed by atoms with van der Waals surface area (Å²) in [6, 6.07) is 23.9. The van der Waals surface area contributed by atoms with Crippen LogP contribution in [-0.4, -0.2) is 35.8 Å². The number of aliphatic hydroxyl groups is 1. The molecule has 1 amide bonds. The van der Waals surface area contributed by atoms with Gasteiger partial charge in [-0.1, -0.05) is 60.7 Å². The predicted molar refractivity (Wildman–Crippen MR) is 127 cm³/mol. The van der Waals surface area contributed by atoms with Crippen molar-refractivity contribution in [2.24, 2.45) is 0 Å². The highest BCUT2D eigenvalue weighted by Gasteiger charge is 2.25. The summed E-state index contributed by atoms with van der Waals surface area (Å²) in [5.74, 6) is 0.160. The van der Waals surface area contributed by atoms with Crippen LogP contribution in [0.15, 0.2) is 72.8 Å². The Morgan fingerprint density at radius 3 is 2.22 bits per heavy atom. The Morgan fingerprint density at radius 2 is 1.59 bits per heavy atom. The van der Waals surface area contributed by atoms with Gasteiger partial charge in [-0.3, -0.25) is 4.79 Å². The topological polar surface area (TPSA) is 90.8 Å². The van der Waals surface area contributed by atoms with Crippen molar-refractivity contribution in [1.82, 2.24) is 5.32 Å². The number of amides is 1. The van der Waals surface area contributed by atoms with Gasteiger partial charge < -0.3 is 25.6 Å². The average molecular weight is 455 g/mol. The number of carbonyl (C=O) groups is 1. The van der Waals surface area contributed by atoms with Gasteiger partial charge in [0.25, 0.3) is 5.91 Å². The van der Waals surface area contributed by atoms with Crippen LogP contribution in [0, 0.1) is 0 Å². The van der Waals surface area contributed by atoms with Gasteiger partial charge in [-0.25, -0.2) is 0 Å². The SMILES string of the molecule is Cl.O=C1COc2c(C(O)CNCCC(c3ccccc3)c3ccccc3)ccc(O)c2N1. The van der Waals surface area contributed by atoms with Crippen molar-refractivity contribution >= 4 is 24.0 Å². The van der Waals surface area contributed by atoms with Crippen molar-refractivity contribution in [2.45, 2.75) is 18.4 Å². The summed E-state index contributed by atoms with van der Waals surface area (Å²) in [6.45, 7) is 0.896. The highest BCUT2D eigenvalue weighted by molar-refractivity contribution is 5.97. The van der Waals surface area contributed by atoms with E-state index in [-0.39, 0.29) is 42.3 Å². The van der Waals surface area contributed by atoms with Gasteiger partial charge in [0.15, 0.2) is 12.4 Å². The van der Waals surface area contributed by atoms with E-state index >= 15 is 0 Å². The lowest BCUT2D eigenvalue weighted by Gasteiger charge is -2.24. The van der Waals surface area contributed by atoms with Gasteiger partial charge in [0.2, 0.25) is 0 Å². The van der Waals surface area contributed by atoms with Crippen LogP contribution in [-0.2, 0) is 4.79 Å². The molecule has 7 heteroatoms. The molecule has 4 rings (SSSR count). The number of hydrogen-bond donors (Lipinski definition) is 4. The standard InChI is InChI=1S/C25H26N2O4.ClH/c28-21-12-11-20(25-24(21)27-23(30)16-31-25)22(29)15-26-14-13-19(17-7-3-1-4-8-17)18-9-5-2-6-10-18;/h1-12,19,22,26,28-29H,13-16H2,(H,27,30);1H. The molecule has 0 saturated carbocycles. The first-order valence-electron chi connectivity index (χ1n) is 10.4. The molecule has 0 bridgehead atoms. The third-order valence-electron chi connectivity index (χ3n) is 5.49. The Hall–Kier alpha value is -3.06. The molecule has 6 nitrogen and oxygen atoms in total. The Labute approximate surface area is 193 Å². The van der Waals surface area contributed by atoms with Crippen LogP contribution >= 0.6 is 12.4 Å². The number of phenols is 1. The minimum absolute atomic E-state index is 0. The Morgan fingerprint density at radius 1 is 0.969 bits per heavy atom. The van der Waals surface area contributed by atoms with E-state index in [9.17, 15) is 15.0 Å². The van der Waals surface area contributed by atoms with Crippen LogP contribution < -0.4 is 15.4 Å². The zero-order valence-electron chi connectivity index (χ0n) is 17.5. The smallest absolute Gasteiger partial charge is 0.262 e. The minimum atomic E-state index is -0.837. The summed E-state index contributed by atoms with van der Waals surface area (Å²) in [5, 5.41) is 26.6. The summed E-state index contributed by atoms with van der Waals surface area (Å²) in [5.41, 5.74) is 3.25. The van der Waals surface area contributed by atoms with E-state index in [0.717, 1.165) is 6.42 Å². The van der Waals surface area contributed by atoms with Crippen molar-refractivity contribution in [1.29, 1.82) is 0 Å². The van der Waals surface area contributed by atoms with Crippen molar-refractivity contribution in [3.8, 4) is 11.5 Å². The third kappa shape index (κ3) is 5.40. The lowest BCUT2D eigenvalue weighted by Crippen LogP contribution is -2.28. The second-order valence-corrected chi connectivity index (χ2v) is 7.60. The molecule has 0 aromatic heterocycles. The van der Waals surface area contributed by atoms with Gasteiger partial charge in [-0.2, -0.15) is 0 Å². The molecular weight excluding hydrogens is 428 g/mol. The summed E-state index contributed by atoms with van der Waals surface area (Å²) in [6.07, 6.45) is 0.0392. The van der Waals surface area contributed by atoms with E-state index < -0.39 is 6.10 Å². The number of carbonyl (C=O) groups excluding carboxylic acids is 1. The number of aromatic hydroxyl groups is 1. The molecule has 0 radical (unpaired) electrons. The van der Waals surface area contributed by atoms with Gasteiger partial charge in [0.1, 0.15) is 11.4 Å². The zero-order valence-corrected chi connectivity index (χ0v) is 18.3. The molecule has 32 heavy (non-hydrogen) atoms. The molecule has 3 aromatic carbocycles. The van der Waals surface area contributed by atoms with Gasteiger partial charge in [-0.05, 0) is 36.2 Å². The summed E-state index contributed by atoms with van der Waals surface area (Å²) in [4.78, 5) is 11.5. The lowest BCUT2D eigenvalue weighted by atomic mass is 9.88. The third-order valence-corrected chi connectivity index (χ3v) is 5.49. The number of anilines is 1. The second kappa shape index (κ2) is 11.0. The number of aliphatic hydroxyl groups excluding tert-OH is 1. The van der Waals surface area contributed by atoms with E-state index in [0.29, 0.717) is 24.4 Å². The first-order valence-corrected chi connectivity index (χ1v) is 10.4. The van der Waals surface area contributed by atoms with Crippen LogP contribution in [0.25, 0.3) is 0 Å². The van der Waals surface area contributed by atoms with E-state index in [1.54, 1.807) is 6.07 Å². The molecule has 1 heterocycles. The van der Waals surface area contributed by atoms with Gasteiger partial charge >= 0.3 is 0 Å². The normalized spacial score (nSPS) is 13.5. The quantitative estimate of drug-likeness (QED) is 0.305. The molecule has 1 unspecified atom stereocenters. The Balaban J connectivity index is 0.00000289. The van der Waals surface area contributed by atoms with E-state index in [4.69, 9.17) is 4.74 Å². The number of fused-ring (bicyclic) bond motifs is 1. The molecule has 0 aliphatic carbocycles. The first kappa shape index (κ1) is 23.6. The van der Waals surface area contributed by atoms with Crippen LogP contribution in [0.2, 0.25) is 0 Å². The van der Waals surface area contributed by atoms with E-state index in [1.807, 2.05) is 12.1 Å². The summed E-state index contributed by atoms with van der Waals surface area (Å²) < 4.78 is 5.47. The van der Waals surface area contributed by atoms with E-state index in [1.165, 1.54) is 17.2 Å². The predicted octanol–water partition coefficient (Wildman–Crippen LogP) is 3.99. The molecule has 4 N–H and O–H groups in total. The molecule has 0 fully saturated rings. The number of ether oxygens (including phenoxy) is 1. The number of phenolic OH excluding ortho intramolecular Hbond substituents is 1. The van der Waals surface area contributed by atoms with Crippen molar-refractivity contribution in [2.75, 3.05) is 25.0 Å². The highest BCUT2D eigenvalue weighted by Crippen LogP contribution is 2.41. The largest absolute Gasteiger partial charge is 0.506 e. The minimum Gasteiger partial charge on any atom is -0.506 e. The Bertz CT molecular complexity index is 991. The monoisotopic (exact) mass is 454 g/mol. The number of benzene rings is 3. The maximum absolute atomic E-state index is 11.5. The van der Waals surface area contributed by atoms with Crippen molar-refractivity contribution in [3.05, 3.63) is 89.5 Å². The highest BCUT2D eigenvalue weighted by atomic mass is 35.5. The fourth-order valence-corrected chi connectivity index (χ4v) is 3.93. The number of rotatable bonds is 8. The Kier molecular flexibility index (Phi) is 8.11. The fourth-order valence-electron chi connectivity index (χ4n) is 3.93. The summed E-state index contributed by atoms with van der Waals surface area (Å²) in [7, 11) is 0. The summed E-state index contributed by atoms with van der Waals surface area (Å²) >= 11 is 0. The fraction of sp³-hybridized carbons (Fsp3) is 0.240. The maximum Gasteiger partial charge on any atom is 0.262 e. The number of hydrogen-bond acceptors (Lipinski definition) is 5. The maximum atomic E-state index is 11.5. The van der Waals surface area contributed by atoms with Crippen LogP contribution in [0.1, 0.15) is 35.1 Å². The molecule has 0 spiro atoms. The van der Waals surface area contributed by atoms with Crippen LogP contribution in [0.4, 0.5) is 5.69 Å². The van der Waals surface area contributed by atoms with Gasteiger partial charge in [-0.15, -0.1) is 12.4 Å². The van der Waals surface area contributed by atoms with Crippen LogP contribution in [0.5, 0.6) is 11.5 Å². The zero-order chi connectivity index (χ0) is 21.6. The molecule has 0 saturated heterocycles. The van der Waals surface area contributed by atoms with Crippen LogP contribution in [0.3, 0.4) is 0 Å².